The third kappa shape index (κ3) is 5.73. The highest BCUT2D eigenvalue weighted by atomic mass is 15.0. The van der Waals surface area contributed by atoms with Crippen molar-refractivity contribution >= 4 is 21.8 Å². The van der Waals surface area contributed by atoms with Crippen molar-refractivity contribution < 1.29 is 0 Å². The number of para-hydroxylation sites is 2. The number of fused-ring (bicyclic) bond motifs is 19. The fourth-order valence-electron chi connectivity index (χ4n) is 14.1. The SMILES string of the molecule is c1ccc(-c2ccc3c(c2)C2(c4ccccc4-c4ccccc42)c2ccc(-c4ccccc4)cc2C32c3ccccc3-c3c(-c4cccc(-c5ccc6c(c5)c5ccccc5n6-c5ccccc5)c4)cccc32)cc1. The van der Waals surface area contributed by atoms with Crippen molar-refractivity contribution in [1.29, 1.82) is 0 Å². The first kappa shape index (κ1) is 42.0. The van der Waals surface area contributed by atoms with E-state index >= 15 is 0 Å². The van der Waals surface area contributed by atoms with Gasteiger partial charge in [-0.3, -0.25) is 0 Å². The van der Waals surface area contributed by atoms with Gasteiger partial charge < -0.3 is 4.57 Å². The molecular weight excluding hydrogens is 903 g/mol. The minimum atomic E-state index is -0.667. The van der Waals surface area contributed by atoms with Crippen LogP contribution in [0.5, 0.6) is 0 Å². The Labute approximate surface area is 436 Å². The molecule has 0 radical (unpaired) electrons. The molecule has 0 bridgehead atoms. The van der Waals surface area contributed by atoms with Gasteiger partial charge in [-0.15, -0.1) is 0 Å². The van der Waals surface area contributed by atoms with E-state index in [9.17, 15) is 0 Å². The molecular formula is C74H47N. The van der Waals surface area contributed by atoms with Crippen molar-refractivity contribution in [2.24, 2.45) is 0 Å². The quantitative estimate of drug-likeness (QED) is 0.162. The zero-order valence-electron chi connectivity index (χ0n) is 41.1. The zero-order valence-corrected chi connectivity index (χ0v) is 41.1. The van der Waals surface area contributed by atoms with Crippen LogP contribution in [0.2, 0.25) is 0 Å². The maximum atomic E-state index is 2.56. The Balaban J connectivity index is 0.970. The van der Waals surface area contributed by atoms with Crippen LogP contribution in [0.15, 0.2) is 285 Å². The van der Waals surface area contributed by atoms with Gasteiger partial charge in [-0.2, -0.15) is 0 Å². The fraction of sp³-hybridized carbons (Fsp3) is 0.0270. The van der Waals surface area contributed by atoms with Crippen LogP contribution in [0.25, 0.3) is 94.3 Å². The molecule has 0 saturated carbocycles. The summed E-state index contributed by atoms with van der Waals surface area (Å²) in [5.41, 5.74) is 27.8. The second-order valence-corrected chi connectivity index (χ2v) is 20.6. The average Bonchev–Trinajstić information content (AvgIpc) is 4.15. The number of aromatic nitrogens is 1. The van der Waals surface area contributed by atoms with E-state index in [1.54, 1.807) is 0 Å². The highest BCUT2D eigenvalue weighted by Gasteiger charge is 2.59. The van der Waals surface area contributed by atoms with Gasteiger partial charge in [-0.1, -0.05) is 237 Å². The van der Waals surface area contributed by atoms with E-state index in [1.807, 2.05) is 0 Å². The second-order valence-electron chi connectivity index (χ2n) is 20.6. The van der Waals surface area contributed by atoms with E-state index in [-0.39, 0.29) is 0 Å². The van der Waals surface area contributed by atoms with E-state index in [0.717, 1.165) is 0 Å². The normalized spacial score (nSPS) is 15.1. The van der Waals surface area contributed by atoms with Crippen LogP contribution in [0.4, 0.5) is 0 Å². The monoisotopic (exact) mass is 949 g/mol. The highest BCUT2D eigenvalue weighted by Crippen LogP contribution is 2.68. The van der Waals surface area contributed by atoms with Crippen molar-refractivity contribution in [2.75, 3.05) is 0 Å². The number of hydrogen-bond donors (Lipinski definition) is 0. The molecule has 1 heterocycles. The van der Waals surface area contributed by atoms with Crippen LogP contribution < -0.4 is 0 Å². The molecule has 0 amide bonds. The molecule has 0 aliphatic heterocycles. The highest BCUT2D eigenvalue weighted by molar-refractivity contribution is 6.10. The van der Waals surface area contributed by atoms with Crippen molar-refractivity contribution in [3.8, 4) is 72.4 Å². The summed E-state index contributed by atoms with van der Waals surface area (Å²) in [6, 6.07) is 107. The van der Waals surface area contributed by atoms with E-state index in [2.05, 4.69) is 290 Å². The van der Waals surface area contributed by atoms with Crippen LogP contribution in [-0.4, -0.2) is 4.57 Å². The van der Waals surface area contributed by atoms with Crippen LogP contribution in [0, 0.1) is 0 Å². The number of rotatable bonds is 5. The molecule has 1 unspecified atom stereocenters. The average molecular weight is 950 g/mol. The topological polar surface area (TPSA) is 4.93 Å². The van der Waals surface area contributed by atoms with Gasteiger partial charge in [-0.25, -0.2) is 0 Å². The Morgan fingerprint density at radius 1 is 0.213 bits per heavy atom. The fourth-order valence-corrected chi connectivity index (χ4v) is 14.1. The molecule has 16 rings (SSSR count). The first-order valence-electron chi connectivity index (χ1n) is 26.2. The molecule has 348 valence electrons. The van der Waals surface area contributed by atoms with Gasteiger partial charge in [0.1, 0.15) is 0 Å². The zero-order chi connectivity index (χ0) is 49.2. The first-order valence-corrected chi connectivity index (χ1v) is 26.2. The van der Waals surface area contributed by atoms with Gasteiger partial charge in [0.15, 0.2) is 0 Å². The standard InChI is InChI=1S/C74H47N/c1-4-20-48(21-5-1)52-39-42-66-68(46-52)73(62-33-14-10-28-57(62)58-29-11-15-34-63(58)73)65-41-38-53(49-22-6-2-7-23-49)47-69(65)74(66)64-35-16-12-31-60(64)72-56(32-19-36-67(72)74)54-25-18-24-50(44-54)51-40-43-71-61(45-51)59-30-13-17-37-70(59)75(71)55-26-8-3-9-27-55/h1-47H. The van der Waals surface area contributed by atoms with E-state index in [0.29, 0.717) is 0 Å². The summed E-state index contributed by atoms with van der Waals surface area (Å²) < 4.78 is 2.39. The molecule has 1 aromatic heterocycles. The molecule has 2 spiro atoms. The Hall–Kier alpha value is -9.56. The Morgan fingerprint density at radius 2 is 0.640 bits per heavy atom. The third-order valence-electron chi connectivity index (χ3n) is 17.1. The molecule has 75 heavy (non-hydrogen) atoms. The predicted octanol–water partition coefficient (Wildman–Crippen LogP) is 18.5. The molecule has 12 aromatic carbocycles. The van der Waals surface area contributed by atoms with Gasteiger partial charge in [0, 0.05) is 16.5 Å². The molecule has 0 saturated heterocycles. The minimum absolute atomic E-state index is 0.596. The molecule has 13 aromatic rings. The summed E-state index contributed by atoms with van der Waals surface area (Å²) in [6.07, 6.45) is 0. The molecule has 3 aliphatic rings. The van der Waals surface area contributed by atoms with Crippen molar-refractivity contribution in [3.05, 3.63) is 330 Å². The van der Waals surface area contributed by atoms with Gasteiger partial charge in [0.25, 0.3) is 0 Å². The lowest BCUT2D eigenvalue weighted by Crippen LogP contribution is -2.44. The van der Waals surface area contributed by atoms with Crippen molar-refractivity contribution in [2.45, 2.75) is 10.8 Å². The summed E-state index contributed by atoms with van der Waals surface area (Å²) in [4.78, 5) is 0. The molecule has 3 aliphatic carbocycles. The largest absolute Gasteiger partial charge is 0.309 e. The summed E-state index contributed by atoms with van der Waals surface area (Å²) in [6.45, 7) is 0. The lowest BCUT2D eigenvalue weighted by molar-refractivity contribution is 0.633. The van der Waals surface area contributed by atoms with Crippen molar-refractivity contribution in [1.82, 2.24) is 4.57 Å². The minimum Gasteiger partial charge on any atom is -0.309 e. The molecule has 0 N–H and O–H groups in total. The van der Waals surface area contributed by atoms with Crippen LogP contribution in [-0.2, 0) is 10.8 Å². The Bertz CT molecular complexity index is 4420. The molecule has 1 nitrogen and oxygen atoms in total. The maximum Gasteiger partial charge on any atom is 0.0720 e. The molecule has 0 fully saturated rings. The van der Waals surface area contributed by atoms with Gasteiger partial charge in [0.2, 0.25) is 0 Å². The van der Waals surface area contributed by atoms with Crippen LogP contribution in [0.3, 0.4) is 0 Å². The molecule has 1 heteroatoms. The number of hydrogen-bond acceptors (Lipinski definition) is 0. The third-order valence-corrected chi connectivity index (χ3v) is 17.1. The van der Waals surface area contributed by atoms with Crippen LogP contribution in [0.1, 0.15) is 44.5 Å². The van der Waals surface area contributed by atoms with E-state index in [4.69, 9.17) is 0 Å². The summed E-state index contributed by atoms with van der Waals surface area (Å²) in [7, 11) is 0. The smallest absolute Gasteiger partial charge is 0.0720 e. The first-order chi connectivity index (χ1) is 37.2. The number of benzene rings is 12. The summed E-state index contributed by atoms with van der Waals surface area (Å²) >= 11 is 0. The number of nitrogens with zero attached hydrogens (tertiary/aromatic N) is 1. The Kier molecular flexibility index (Phi) is 8.94. The predicted molar refractivity (Wildman–Crippen MR) is 311 cm³/mol. The Morgan fingerprint density at radius 3 is 1.29 bits per heavy atom. The lowest BCUT2D eigenvalue weighted by Gasteiger charge is -2.49. The van der Waals surface area contributed by atoms with E-state index in [1.165, 1.54) is 139 Å². The lowest BCUT2D eigenvalue weighted by atomic mass is 9.52. The van der Waals surface area contributed by atoms with Crippen molar-refractivity contribution in [3.63, 3.8) is 0 Å². The second kappa shape index (κ2) is 16.0. The summed E-state index contributed by atoms with van der Waals surface area (Å²) in [5.74, 6) is 0. The van der Waals surface area contributed by atoms with Gasteiger partial charge in [-0.05, 0) is 160 Å². The van der Waals surface area contributed by atoms with E-state index < -0.39 is 10.8 Å². The molecule has 1 atom stereocenters. The van der Waals surface area contributed by atoms with Gasteiger partial charge >= 0.3 is 0 Å². The summed E-state index contributed by atoms with van der Waals surface area (Å²) in [5, 5.41) is 2.50. The maximum absolute atomic E-state index is 2.56. The van der Waals surface area contributed by atoms with Crippen LogP contribution >= 0.6 is 0 Å². The van der Waals surface area contributed by atoms with Gasteiger partial charge in [0.05, 0.1) is 21.9 Å².